The SMILES string of the molecule is COc1cc(C(=O)OCc2nnc3n(C)c(=O)c4cc(C)ccc4n23)cc(Cl)c1OCC(N)=O. The van der Waals surface area contributed by atoms with Crippen LogP contribution in [0.1, 0.15) is 21.7 Å². The fourth-order valence-electron chi connectivity index (χ4n) is 3.49. The Morgan fingerprint density at radius 1 is 1.18 bits per heavy atom. The average molecular weight is 486 g/mol. The van der Waals surface area contributed by atoms with E-state index in [1.165, 1.54) is 23.8 Å². The smallest absolute Gasteiger partial charge is 0.338 e. The highest BCUT2D eigenvalue weighted by Gasteiger charge is 2.20. The zero-order valence-corrected chi connectivity index (χ0v) is 19.3. The third-order valence-corrected chi connectivity index (χ3v) is 5.38. The summed E-state index contributed by atoms with van der Waals surface area (Å²) < 4.78 is 19.0. The highest BCUT2D eigenvalue weighted by atomic mass is 35.5. The Hall–Kier alpha value is -4.12. The largest absolute Gasteiger partial charge is 0.493 e. The number of hydrogen-bond acceptors (Lipinski definition) is 8. The molecule has 4 aromatic rings. The van der Waals surface area contributed by atoms with Gasteiger partial charge >= 0.3 is 5.97 Å². The summed E-state index contributed by atoms with van der Waals surface area (Å²) >= 11 is 6.21. The number of ether oxygens (including phenoxy) is 3. The lowest BCUT2D eigenvalue weighted by Crippen LogP contribution is -2.21. The molecule has 0 atom stereocenters. The molecule has 12 heteroatoms. The predicted octanol–water partition coefficient (Wildman–Crippen LogP) is 1.77. The molecule has 34 heavy (non-hydrogen) atoms. The normalized spacial score (nSPS) is 11.1. The number of nitrogens with two attached hydrogens (primary N) is 1. The number of benzene rings is 2. The molecule has 2 heterocycles. The number of aromatic nitrogens is 4. The number of methoxy groups -OCH3 is 1. The molecule has 0 bridgehead atoms. The van der Waals surface area contributed by atoms with Crippen LogP contribution in [0.4, 0.5) is 0 Å². The van der Waals surface area contributed by atoms with Crippen LogP contribution in [0.2, 0.25) is 5.02 Å². The van der Waals surface area contributed by atoms with Gasteiger partial charge in [-0.15, -0.1) is 10.2 Å². The van der Waals surface area contributed by atoms with Crippen LogP contribution in [-0.2, 0) is 23.2 Å². The van der Waals surface area contributed by atoms with Crippen molar-refractivity contribution in [2.75, 3.05) is 13.7 Å². The second-order valence-electron chi connectivity index (χ2n) is 7.46. The van der Waals surface area contributed by atoms with E-state index in [1.54, 1.807) is 23.6 Å². The summed E-state index contributed by atoms with van der Waals surface area (Å²) in [5.74, 6) is -0.554. The number of amides is 1. The molecule has 0 saturated carbocycles. The Labute approximate surface area is 197 Å². The summed E-state index contributed by atoms with van der Waals surface area (Å²) in [6.07, 6.45) is 0. The highest BCUT2D eigenvalue weighted by Crippen LogP contribution is 2.36. The van der Waals surface area contributed by atoms with Crippen molar-refractivity contribution in [3.63, 3.8) is 0 Å². The van der Waals surface area contributed by atoms with Gasteiger partial charge in [-0.25, -0.2) is 4.79 Å². The van der Waals surface area contributed by atoms with Crippen molar-refractivity contribution in [3.05, 3.63) is 62.7 Å². The summed E-state index contributed by atoms with van der Waals surface area (Å²) in [5.41, 5.74) is 6.51. The number of primary amides is 1. The predicted molar refractivity (Wildman–Crippen MR) is 122 cm³/mol. The Morgan fingerprint density at radius 3 is 2.65 bits per heavy atom. The van der Waals surface area contributed by atoms with E-state index in [9.17, 15) is 14.4 Å². The Balaban J connectivity index is 1.64. The van der Waals surface area contributed by atoms with E-state index in [0.717, 1.165) is 5.56 Å². The van der Waals surface area contributed by atoms with Crippen LogP contribution in [0, 0.1) is 6.92 Å². The van der Waals surface area contributed by atoms with Crippen LogP contribution in [0.5, 0.6) is 11.5 Å². The molecule has 4 rings (SSSR count). The first-order valence-corrected chi connectivity index (χ1v) is 10.4. The van der Waals surface area contributed by atoms with Crippen LogP contribution >= 0.6 is 11.6 Å². The van der Waals surface area contributed by atoms with Gasteiger partial charge in [0.15, 0.2) is 30.5 Å². The maximum atomic E-state index is 12.7. The van der Waals surface area contributed by atoms with Crippen molar-refractivity contribution < 1.29 is 23.8 Å². The van der Waals surface area contributed by atoms with E-state index in [2.05, 4.69) is 10.2 Å². The number of rotatable bonds is 7. The van der Waals surface area contributed by atoms with Crippen molar-refractivity contribution in [3.8, 4) is 11.5 Å². The van der Waals surface area contributed by atoms with Gasteiger partial charge in [0.05, 0.1) is 28.6 Å². The van der Waals surface area contributed by atoms with Gasteiger partial charge in [-0.05, 0) is 31.2 Å². The molecule has 0 aliphatic heterocycles. The number of aryl methyl sites for hydroxylation is 2. The van der Waals surface area contributed by atoms with Crippen LogP contribution in [0.25, 0.3) is 16.7 Å². The van der Waals surface area contributed by atoms with E-state index in [-0.39, 0.29) is 34.3 Å². The van der Waals surface area contributed by atoms with Gasteiger partial charge in [0.2, 0.25) is 5.78 Å². The topological polar surface area (TPSA) is 140 Å². The van der Waals surface area contributed by atoms with E-state index in [0.29, 0.717) is 22.5 Å². The number of hydrogen-bond donors (Lipinski definition) is 1. The number of fused-ring (bicyclic) bond motifs is 3. The van der Waals surface area contributed by atoms with Crippen LogP contribution in [0.3, 0.4) is 0 Å². The molecule has 0 radical (unpaired) electrons. The minimum absolute atomic E-state index is 0.0387. The van der Waals surface area contributed by atoms with Crippen LogP contribution in [0.15, 0.2) is 35.1 Å². The Kier molecular flexibility index (Phi) is 6.12. The standard InChI is InChI=1S/C22H20ClN5O6/c1-11-4-5-15-13(6-11)20(30)27(2)22-26-25-18(28(15)22)10-34-21(31)12-7-14(23)19(16(8-12)32-3)33-9-17(24)29/h4-8H,9-10H2,1-3H3,(H2,24,29). The lowest BCUT2D eigenvalue weighted by molar-refractivity contribution is -0.119. The third-order valence-electron chi connectivity index (χ3n) is 5.10. The second kappa shape index (κ2) is 9.02. The molecular formula is C22H20ClN5O6. The molecule has 0 unspecified atom stereocenters. The molecule has 1 amide bonds. The molecule has 0 saturated heterocycles. The maximum Gasteiger partial charge on any atom is 0.338 e. The number of nitrogens with zero attached hydrogens (tertiary/aromatic N) is 4. The molecule has 2 aromatic heterocycles. The molecule has 2 N–H and O–H groups in total. The molecule has 0 spiro atoms. The zero-order valence-electron chi connectivity index (χ0n) is 18.5. The van der Waals surface area contributed by atoms with Gasteiger partial charge in [-0.1, -0.05) is 23.2 Å². The van der Waals surface area contributed by atoms with Gasteiger partial charge in [-0.3, -0.25) is 18.6 Å². The minimum Gasteiger partial charge on any atom is -0.493 e. The van der Waals surface area contributed by atoms with Crippen molar-refractivity contribution in [1.29, 1.82) is 0 Å². The fourth-order valence-corrected chi connectivity index (χ4v) is 3.75. The molecule has 2 aromatic carbocycles. The maximum absolute atomic E-state index is 12.7. The zero-order chi connectivity index (χ0) is 24.6. The van der Waals surface area contributed by atoms with Crippen LogP contribution < -0.4 is 20.8 Å². The molecule has 0 fully saturated rings. The van der Waals surface area contributed by atoms with E-state index in [4.69, 9.17) is 31.5 Å². The first-order valence-electron chi connectivity index (χ1n) is 10.0. The summed E-state index contributed by atoms with van der Waals surface area (Å²) in [7, 11) is 2.96. The first kappa shape index (κ1) is 23.1. The van der Waals surface area contributed by atoms with Crippen molar-refractivity contribution in [2.45, 2.75) is 13.5 Å². The van der Waals surface area contributed by atoms with Gasteiger partial charge in [0, 0.05) is 7.05 Å². The average Bonchev–Trinajstić information content (AvgIpc) is 3.23. The van der Waals surface area contributed by atoms with Crippen molar-refractivity contribution >= 4 is 40.2 Å². The van der Waals surface area contributed by atoms with E-state index in [1.807, 2.05) is 13.0 Å². The van der Waals surface area contributed by atoms with Gasteiger partial charge in [0.25, 0.3) is 11.5 Å². The number of carbonyl (C=O) groups excluding carboxylic acids is 2. The first-order chi connectivity index (χ1) is 16.2. The van der Waals surface area contributed by atoms with E-state index < -0.39 is 18.5 Å². The number of esters is 1. The molecular weight excluding hydrogens is 466 g/mol. The molecule has 0 aliphatic rings. The monoisotopic (exact) mass is 485 g/mol. The summed E-state index contributed by atoms with van der Waals surface area (Å²) in [6, 6.07) is 8.14. The lowest BCUT2D eigenvalue weighted by atomic mass is 10.1. The summed E-state index contributed by atoms with van der Waals surface area (Å²) in [5, 5.41) is 8.71. The second-order valence-corrected chi connectivity index (χ2v) is 7.86. The highest BCUT2D eigenvalue weighted by molar-refractivity contribution is 6.32. The lowest BCUT2D eigenvalue weighted by Gasteiger charge is -2.13. The Bertz CT molecular complexity index is 1510. The van der Waals surface area contributed by atoms with Crippen molar-refractivity contribution in [2.24, 2.45) is 12.8 Å². The number of carbonyl (C=O) groups is 2. The Morgan fingerprint density at radius 2 is 1.94 bits per heavy atom. The third kappa shape index (κ3) is 4.13. The van der Waals surface area contributed by atoms with Crippen LogP contribution in [-0.4, -0.2) is 44.8 Å². The van der Waals surface area contributed by atoms with Gasteiger partial charge in [0.1, 0.15) is 0 Å². The van der Waals surface area contributed by atoms with Gasteiger partial charge < -0.3 is 19.9 Å². The quantitative estimate of drug-likeness (QED) is 0.390. The molecule has 0 aliphatic carbocycles. The number of halogens is 1. The fraction of sp³-hybridized carbons (Fsp3) is 0.227. The van der Waals surface area contributed by atoms with Gasteiger partial charge in [-0.2, -0.15) is 0 Å². The molecule has 11 nitrogen and oxygen atoms in total. The van der Waals surface area contributed by atoms with Crippen molar-refractivity contribution in [1.82, 2.24) is 19.2 Å². The summed E-state index contributed by atoms with van der Waals surface area (Å²) in [6.45, 7) is 1.26. The van der Waals surface area contributed by atoms with E-state index >= 15 is 0 Å². The minimum atomic E-state index is -0.705. The molecule has 176 valence electrons. The summed E-state index contributed by atoms with van der Waals surface area (Å²) in [4.78, 5) is 36.4.